The molecule has 3 N–H and O–H groups in total. The lowest BCUT2D eigenvalue weighted by molar-refractivity contribution is -0.145. The van der Waals surface area contributed by atoms with Gasteiger partial charge in [0.25, 0.3) is 0 Å². The van der Waals surface area contributed by atoms with E-state index >= 15 is 0 Å². The van der Waals surface area contributed by atoms with Gasteiger partial charge in [-0.1, -0.05) is 19.3 Å². The molecule has 1 aliphatic heterocycles. The second-order valence-electron chi connectivity index (χ2n) is 6.65. The lowest BCUT2D eigenvalue weighted by Gasteiger charge is -2.42. The van der Waals surface area contributed by atoms with E-state index in [1.807, 2.05) is 6.07 Å². The molecule has 2 heterocycles. The highest BCUT2D eigenvalue weighted by Crippen LogP contribution is 2.38. The van der Waals surface area contributed by atoms with E-state index in [0.29, 0.717) is 18.4 Å². The van der Waals surface area contributed by atoms with E-state index in [0.717, 1.165) is 57.3 Å². The first-order valence-electron chi connectivity index (χ1n) is 8.24. The fourth-order valence-electron chi connectivity index (χ4n) is 3.98. The molecule has 1 aromatic rings. The zero-order valence-corrected chi connectivity index (χ0v) is 12.7. The smallest absolute Gasteiger partial charge is 0.230 e. The first-order valence-corrected chi connectivity index (χ1v) is 8.24. The Morgan fingerprint density at radius 1 is 1.38 bits per heavy atom. The number of hydrogen-bond donors (Lipinski definition) is 2. The highest BCUT2D eigenvalue weighted by atomic mass is 16.2. The van der Waals surface area contributed by atoms with Gasteiger partial charge in [-0.25, -0.2) is 0 Å². The molecule has 1 atom stereocenters. The van der Waals surface area contributed by atoms with E-state index in [9.17, 15) is 4.79 Å². The summed E-state index contributed by atoms with van der Waals surface area (Å²) in [5.74, 6) is 0.692. The molecule has 2 aliphatic rings. The molecule has 1 aliphatic carbocycles. The van der Waals surface area contributed by atoms with Gasteiger partial charge in [0.1, 0.15) is 0 Å². The number of nitrogens with two attached hydrogens (primary N) is 1. The molecule has 1 aromatic heterocycles. The molecule has 0 aromatic carbocycles. The van der Waals surface area contributed by atoms with Crippen LogP contribution >= 0.6 is 0 Å². The molecule has 0 spiro atoms. The van der Waals surface area contributed by atoms with Gasteiger partial charge in [-0.15, -0.1) is 0 Å². The van der Waals surface area contributed by atoms with Crippen LogP contribution < -0.4 is 5.73 Å². The second kappa shape index (κ2) is 6.18. The molecule has 5 heteroatoms. The number of hydrogen-bond acceptors (Lipinski definition) is 3. The van der Waals surface area contributed by atoms with Gasteiger partial charge < -0.3 is 10.6 Å². The van der Waals surface area contributed by atoms with Crippen molar-refractivity contribution in [3.8, 4) is 0 Å². The first kappa shape index (κ1) is 14.6. The van der Waals surface area contributed by atoms with Crippen molar-refractivity contribution in [2.75, 3.05) is 19.6 Å². The molecule has 0 bridgehead atoms. The molecule has 2 fully saturated rings. The van der Waals surface area contributed by atoms with E-state index in [-0.39, 0.29) is 5.41 Å². The van der Waals surface area contributed by atoms with Gasteiger partial charge in [0.15, 0.2) is 0 Å². The predicted molar refractivity (Wildman–Crippen MR) is 81.7 cm³/mol. The Morgan fingerprint density at radius 2 is 2.19 bits per heavy atom. The van der Waals surface area contributed by atoms with E-state index < -0.39 is 0 Å². The molecule has 1 saturated heterocycles. The topological polar surface area (TPSA) is 75.0 Å². The van der Waals surface area contributed by atoms with Crippen molar-refractivity contribution >= 4 is 5.91 Å². The van der Waals surface area contributed by atoms with Crippen LogP contribution in [0.15, 0.2) is 12.3 Å². The quantitative estimate of drug-likeness (QED) is 0.894. The Morgan fingerprint density at radius 3 is 2.86 bits per heavy atom. The summed E-state index contributed by atoms with van der Waals surface area (Å²) >= 11 is 0. The van der Waals surface area contributed by atoms with Gasteiger partial charge in [-0.05, 0) is 31.7 Å². The van der Waals surface area contributed by atoms with E-state index in [1.165, 1.54) is 6.42 Å². The Hall–Kier alpha value is -1.36. The Labute approximate surface area is 126 Å². The molecular weight excluding hydrogens is 264 g/mol. The molecule has 116 valence electrons. The summed E-state index contributed by atoms with van der Waals surface area (Å²) < 4.78 is 0. The normalized spacial score (nSPS) is 25.8. The largest absolute Gasteiger partial charge is 0.342 e. The molecule has 5 nitrogen and oxygen atoms in total. The molecule has 0 radical (unpaired) electrons. The summed E-state index contributed by atoms with van der Waals surface area (Å²) in [7, 11) is 0. The number of likely N-dealkylation sites (tertiary alicyclic amines) is 1. The van der Waals surface area contributed by atoms with Gasteiger partial charge in [0, 0.05) is 37.4 Å². The van der Waals surface area contributed by atoms with Crippen LogP contribution in [0.4, 0.5) is 0 Å². The number of carbonyl (C=O) groups is 1. The maximum absolute atomic E-state index is 13.0. The SMILES string of the molecule is NCC1(C(=O)N2CCCC(c3ccn[nH]3)C2)CCCCC1. The summed E-state index contributed by atoms with van der Waals surface area (Å²) in [6, 6.07) is 2.03. The number of piperidine rings is 1. The van der Waals surface area contributed by atoms with Crippen molar-refractivity contribution in [1.29, 1.82) is 0 Å². The standard InChI is InChI=1S/C16H26N4O/c17-12-16(7-2-1-3-8-16)15(21)20-10-4-5-13(11-20)14-6-9-18-19-14/h6,9,13H,1-5,7-8,10-12,17H2,(H,18,19). The molecule has 21 heavy (non-hydrogen) atoms. The number of rotatable bonds is 3. The first-order chi connectivity index (χ1) is 10.2. The Balaban J connectivity index is 1.71. The molecule has 3 rings (SSSR count). The van der Waals surface area contributed by atoms with E-state index in [1.54, 1.807) is 6.20 Å². The maximum atomic E-state index is 13.0. The lowest BCUT2D eigenvalue weighted by atomic mass is 9.72. The summed E-state index contributed by atoms with van der Waals surface area (Å²) in [5.41, 5.74) is 6.88. The summed E-state index contributed by atoms with van der Waals surface area (Å²) in [5, 5.41) is 7.10. The second-order valence-corrected chi connectivity index (χ2v) is 6.65. The Kier molecular flexibility index (Phi) is 4.29. The molecule has 1 saturated carbocycles. The van der Waals surface area contributed by atoms with Crippen molar-refractivity contribution in [1.82, 2.24) is 15.1 Å². The number of nitrogens with one attached hydrogen (secondary N) is 1. The third-order valence-corrected chi connectivity index (χ3v) is 5.33. The zero-order chi connectivity index (χ0) is 14.7. The van der Waals surface area contributed by atoms with Crippen LogP contribution in [0.3, 0.4) is 0 Å². The lowest BCUT2D eigenvalue weighted by Crippen LogP contribution is -2.51. The predicted octanol–water partition coefficient (Wildman–Crippen LogP) is 2.02. The van der Waals surface area contributed by atoms with Crippen LogP contribution in [0.5, 0.6) is 0 Å². The maximum Gasteiger partial charge on any atom is 0.230 e. The minimum atomic E-state index is -0.284. The number of aromatic nitrogens is 2. The van der Waals surface area contributed by atoms with Gasteiger partial charge in [0.2, 0.25) is 5.91 Å². The molecular formula is C16H26N4O. The highest BCUT2D eigenvalue weighted by Gasteiger charge is 2.42. The monoisotopic (exact) mass is 290 g/mol. The third-order valence-electron chi connectivity index (χ3n) is 5.33. The zero-order valence-electron chi connectivity index (χ0n) is 12.7. The summed E-state index contributed by atoms with van der Waals surface area (Å²) in [4.78, 5) is 15.1. The average molecular weight is 290 g/mol. The minimum Gasteiger partial charge on any atom is -0.342 e. The highest BCUT2D eigenvalue weighted by molar-refractivity contribution is 5.83. The Bertz CT molecular complexity index is 465. The van der Waals surface area contributed by atoms with Crippen LogP contribution in [0, 0.1) is 5.41 Å². The number of H-pyrrole nitrogens is 1. The summed E-state index contributed by atoms with van der Waals surface area (Å²) in [6.45, 7) is 2.19. The van der Waals surface area contributed by atoms with Gasteiger partial charge in [-0.2, -0.15) is 5.10 Å². The van der Waals surface area contributed by atoms with Crippen molar-refractivity contribution in [3.63, 3.8) is 0 Å². The molecule has 1 amide bonds. The number of aromatic amines is 1. The number of nitrogens with zero attached hydrogens (tertiary/aromatic N) is 2. The van der Waals surface area contributed by atoms with Crippen LogP contribution in [0.1, 0.15) is 56.6 Å². The third kappa shape index (κ3) is 2.84. The van der Waals surface area contributed by atoms with Gasteiger partial charge in [0.05, 0.1) is 5.41 Å². The van der Waals surface area contributed by atoms with Crippen molar-refractivity contribution in [3.05, 3.63) is 18.0 Å². The summed E-state index contributed by atoms with van der Waals surface area (Å²) in [6.07, 6.45) is 9.44. The van der Waals surface area contributed by atoms with Crippen LogP contribution in [-0.4, -0.2) is 40.6 Å². The van der Waals surface area contributed by atoms with Crippen LogP contribution in [-0.2, 0) is 4.79 Å². The van der Waals surface area contributed by atoms with Crippen LogP contribution in [0.2, 0.25) is 0 Å². The van der Waals surface area contributed by atoms with Crippen molar-refractivity contribution in [2.45, 2.75) is 50.9 Å². The fourth-order valence-corrected chi connectivity index (χ4v) is 3.98. The van der Waals surface area contributed by atoms with Crippen molar-refractivity contribution in [2.24, 2.45) is 11.1 Å². The van der Waals surface area contributed by atoms with Crippen LogP contribution in [0.25, 0.3) is 0 Å². The average Bonchev–Trinajstić information content (AvgIpc) is 3.09. The van der Waals surface area contributed by atoms with Crippen molar-refractivity contribution < 1.29 is 4.79 Å². The fraction of sp³-hybridized carbons (Fsp3) is 0.750. The van der Waals surface area contributed by atoms with E-state index in [2.05, 4.69) is 15.1 Å². The van der Waals surface area contributed by atoms with Gasteiger partial charge in [-0.3, -0.25) is 9.89 Å². The number of carbonyl (C=O) groups excluding carboxylic acids is 1. The van der Waals surface area contributed by atoms with E-state index in [4.69, 9.17) is 5.73 Å². The minimum absolute atomic E-state index is 0.284. The molecule has 1 unspecified atom stereocenters. The number of amides is 1. The van der Waals surface area contributed by atoms with Gasteiger partial charge >= 0.3 is 0 Å².